The van der Waals surface area contributed by atoms with Crippen LogP contribution in [0.25, 0.3) is 5.69 Å². The van der Waals surface area contributed by atoms with Crippen molar-refractivity contribution in [3.05, 3.63) is 130 Å². The van der Waals surface area contributed by atoms with Gasteiger partial charge in [0.1, 0.15) is 5.82 Å². The SMILES string of the molecule is O=C(Cc1ccccc1)NCc1nnc(SCC(=O)N2N=C(c3cccs3)C[C@@H]2c2ccc(F)cc2)n1-c1ccccc1. The van der Waals surface area contributed by atoms with E-state index in [9.17, 15) is 14.0 Å². The Morgan fingerprint density at radius 1 is 0.930 bits per heavy atom. The number of aromatic nitrogens is 3. The Hall–Kier alpha value is -4.61. The number of carbonyl (C=O) groups excluding carboxylic acids is 2. The Labute approximate surface area is 256 Å². The van der Waals surface area contributed by atoms with Crippen LogP contribution >= 0.6 is 23.1 Å². The van der Waals surface area contributed by atoms with Crippen molar-refractivity contribution in [1.82, 2.24) is 25.1 Å². The maximum atomic E-state index is 13.7. The molecule has 1 N–H and O–H groups in total. The highest BCUT2D eigenvalue weighted by Crippen LogP contribution is 2.35. The molecule has 1 aliphatic rings. The fourth-order valence-corrected chi connectivity index (χ4v) is 6.38. The number of amides is 2. The summed E-state index contributed by atoms with van der Waals surface area (Å²) in [6.45, 7) is 0.176. The second-order valence-electron chi connectivity index (χ2n) is 9.83. The highest BCUT2D eigenvalue weighted by molar-refractivity contribution is 7.99. The number of thioether (sulfide) groups is 1. The average Bonchev–Trinajstić information content (AvgIpc) is 3.80. The van der Waals surface area contributed by atoms with E-state index in [0.717, 1.165) is 27.4 Å². The quantitative estimate of drug-likeness (QED) is 0.202. The maximum absolute atomic E-state index is 13.7. The Morgan fingerprint density at radius 2 is 1.67 bits per heavy atom. The zero-order valence-electron chi connectivity index (χ0n) is 23.0. The molecule has 0 fully saturated rings. The van der Waals surface area contributed by atoms with Gasteiger partial charge in [0.2, 0.25) is 5.91 Å². The third-order valence-corrected chi connectivity index (χ3v) is 8.75. The van der Waals surface area contributed by atoms with E-state index in [0.29, 0.717) is 17.4 Å². The number of hydrogen-bond acceptors (Lipinski definition) is 7. The molecule has 2 aromatic heterocycles. The van der Waals surface area contributed by atoms with E-state index in [1.807, 2.05) is 82.7 Å². The molecular formula is C32H27FN6O2S2. The molecule has 8 nitrogen and oxygen atoms in total. The van der Waals surface area contributed by atoms with Gasteiger partial charge in [-0.3, -0.25) is 14.2 Å². The number of thiophene rings is 1. The number of nitrogens with zero attached hydrogens (tertiary/aromatic N) is 5. The van der Waals surface area contributed by atoms with Crippen LogP contribution in [0.1, 0.15) is 34.3 Å². The molecule has 0 spiro atoms. The Bertz CT molecular complexity index is 1730. The first-order valence-corrected chi connectivity index (χ1v) is 15.5. The second-order valence-corrected chi connectivity index (χ2v) is 11.7. The van der Waals surface area contributed by atoms with Crippen LogP contribution in [0.2, 0.25) is 0 Å². The van der Waals surface area contributed by atoms with Gasteiger partial charge >= 0.3 is 0 Å². The monoisotopic (exact) mass is 610 g/mol. The van der Waals surface area contributed by atoms with Gasteiger partial charge in [0.25, 0.3) is 5.91 Å². The normalized spacial score (nSPS) is 14.5. The standard InChI is InChI=1S/C32H27FN6O2S2/c33-24-15-13-23(14-16-24)27-19-26(28-12-7-17-42-28)37-39(27)31(41)21-43-32-36-35-29(38(32)25-10-5-2-6-11-25)20-34-30(40)18-22-8-3-1-4-9-22/h1-17,27H,18-21H2,(H,34,40)/t27-/m1/s1. The molecule has 0 unspecified atom stereocenters. The molecule has 0 aliphatic carbocycles. The summed E-state index contributed by atoms with van der Waals surface area (Å²) in [5.41, 5.74) is 3.38. The summed E-state index contributed by atoms with van der Waals surface area (Å²) in [6, 6.07) is 28.9. The lowest BCUT2D eigenvalue weighted by molar-refractivity contribution is -0.130. The van der Waals surface area contributed by atoms with Crippen molar-refractivity contribution in [1.29, 1.82) is 0 Å². The van der Waals surface area contributed by atoms with Gasteiger partial charge in [-0.25, -0.2) is 9.40 Å². The predicted octanol–water partition coefficient (Wildman–Crippen LogP) is 5.80. The summed E-state index contributed by atoms with van der Waals surface area (Å²) in [6.07, 6.45) is 0.797. The highest BCUT2D eigenvalue weighted by atomic mass is 32.2. The van der Waals surface area contributed by atoms with E-state index in [4.69, 9.17) is 5.10 Å². The van der Waals surface area contributed by atoms with Crippen LogP contribution in [0.15, 0.2) is 113 Å². The number of para-hydroxylation sites is 1. The van der Waals surface area contributed by atoms with Gasteiger partial charge in [0.15, 0.2) is 11.0 Å². The van der Waals surface area contributed by atoms with Crippen LogP contribution in [0.4, 0.5) is 4.39 Å². The van der Waals surface area contributed by atoms with Crippen molar-refractivity contribution in [3.8, 4) is 5.69 Å². The lowest BCUT2D eigenvalue weighted by Crippen LogP contribution is -2.28. The maximum Gasteiger partial charge on any atom is 0.253 e. The fraction of sp³-hybridized carbons (Fsp3) is 0.156. The second kappa shape index (κ2) is 13.1. The van der Waals surface area contributed by atoms with E-state index in [2.05, 4.69) is 15.5 Å². The minimum Gasteiger partial charge on any atom is -0.348 e. The highest BCUT2D eigenvalue weighted by Gasteiger charge is 2.33. The van der Waals surface area contributed by atoms with Gasteiger partial charge in [0, 0.05) is 12.1 Å². The first kappa shape index (κ1) is 28.5. The summed E-state index contributed by atoms with van der Waals surface area (Å²) >= 11 is 2.82. The molecule has 5 aromatic rings. The summed E-state index contributed by atoms with van der Waals surface area (Å²) in [5, 5.41) is 20.4. The predicted molar refractivity (Wildman–Crippen MR) is 166 cm³/mol. The van der Waals surface area contributed by atoms with Crippen molar-refractivity contribution >= 4 is 40.6 Å². The number of nitrogens with one attached hydrogen (secondary N) is 1. The zero-order valence-corrected chi connectivity index (χ0v) is 24.6. The van der Waals surface area contributed by atoms with Crippen molar-refractivity contribution in [2.75, 3.05) is 5.75 Å². The number of benzene rings is 3. The summed E-state index contributed by atoms with van der Waals surface area (Å²) in [5.74, 6) is -0.0537. The molecule has 0 radical (unpaired) electrons. The van der Waals surface area contributed by atoms with Crippen LogP contribution in [-0.4, -0.2) is 43.1 Å². The van der Waals surface area contributed by atoms with Crippen LogP contribution in [-0.2, 0) is 22.6 Å². The number of hydrazone groups is 1. The molecule has 1 atom stereocenters. The zero-order chi connectivity index (χ0) is 29.6. The Morgan fingerprint density at radius 3 is 2.40 bits per heavy atom. The molecule has 0 saturated carbocycles. The van der Waals surface area contributed by atoms with Crippen molar-refractivity contribution in [2.45, 2.75) is 30.6 Å². The van der Waals surface area contributed by atoms with E-state index in [1.165, 1.54) is 28.9 Å². The van der Waals surface area contributed by atoms with Gasteiger partial charge in [-0.2, -0.15) is 5.10 Å². The molecule has 1 aliphatic heterocycles. The van der Waals surface area contributed by atoms with Crippen molar-refractivity contribution in [3.63, 3.8) is 0 Å². The van der Waals surface area contributed by atoms with Crippen LogP contribution in [0, 0.1) is 5.82 Å². The number of halogens is 1. The summed E-state index contributed by atoms with van der Waals surface area (Å²) in [4.78, 5) is 27.3. The Kier molecular flexibility index (Phi) is 8.71. The van der Waals surface area contributed by atoms with Gasteiger partial charge in [0.05, 0.1) is 35.3 Å². The minimum absolute atomic E-state index is 0.0598. The molecule has 3 aromatic carbocycles. The first-order chi connectivity index (χ1) is 21.0. The molecule has 6 rings (SSSR count). The summed E-state index contributed by atoms with van der Waals surface area (Å²) in [7, 11) is 0. The van der Waals surface area contributed by atoms with Crippen molar-refractivity contribution in [2.24, 2.45) is 5.10 Å². The van der Waals surface area contributed by atoms with E-state index < -0.39 is 0 Å². The summed E-state index contributed by atoms with van der Waals surface area (Å²) < 4.78 is 15.5. The smallest absolute Gasteiger partial charge is 0.253 e. The van der Waals surface area contributed by atoms with E-state index in [1.54, 1.807) is 23.5 Å². The number of rotatable bonds is 10. The van der Waals surface area contributed by atoms with Gasteiger partial charge in [-0.15, -0.1) is 21.5 Å². The molecule has 43 heavy (non-hydrogen) atoms. The van der Waals surface area contributed by atoms with Gasteiger partial charge in [-0.05, 0) is 46.8 Å². The van der Waals surface area contributed by atoms with Crippen LogP contribution in [0.5, 0.6) is 0 Å². The van der Waals surface area contributed by atoms with E-state index in [-0.39, 0.29) is 42.4 Å². The molecule has 2 amide bonds. The molecule has 0 saturated heterocycles. The molecule has 216 valence electrons. The average molecular weight is 611 g/mol. The first-order valence-electron chi connectivity index (χ1n) is 13.7. The van der Waals surface area contributed by atoms with Crippen molar-refractivity contribution < 1.29 is 14.0 Å². The molecule has 3 heterocycles. The number of hydrogen-bond donors (Lipinski definition) is 1. The lowest BCUT2D eigenvalue weighted by Gasteiger charge is -2.22. The molecule has 11 heteroatoms. The van der Waals surface area contributed by atoms with Gasteiger partial charge in [-0.1, -0.05) is 78.5 Å². The topological polar surface area (TPSA) is 92.5 Å². The molecular weight excluding hydrogens is 584 g/mol. The third kappa shape index (κ3) is 6.73. The fourth-order valence-electron chi connectivity index (χ4n) is 4.83. The third-order valence-electron chi connectivity index (χ3n) is 6.92. The minimum atomic E-state index is -0.340. The lowest BCUT2D eigenvalue weighted by atomic mass is 10.0. The number of carbonyl (C=O) groups is 2. The van der Waals surface area contributed by atoms with Crippen LogP contribution in [0.3, 0.4) is 0 Å². The van der Waals surface area contributed by atoms with Crippen LogP contribution < -0.4 is 5.32 Å². The Balaban J connectivity index is 1.20. The van der Waals surface area contributed by atoms with E-state index >= 15 is 0 Å². The van der Waals surface area contributed by atoms with Gasteiger partial charge < -0.3 is 5.32 Å². The largest absolute Gasteiger partial charge is 0.348 e. The molecule has 0 bridgehead atoms.